The van der Waals surface area contributed by atoms with E-state index < -0.39 is 12.2 Å². The molecule has 0 aliphatic heterocycles. The predicted octanol–water partition coefficient (Wildman–Crippen LogP) is 4.49. The van der Waals surface area contributed by atoms with Gasteiger partial charge in [0.25, 0.3) is 0 Å². The molecular formula is C23H30Cl4N2O4. The molecule has 0 heterocycles. The van der Waals surface area contributed by atoms with E-state index in [2.05, 4.69) is 0 Å². The van der Waals surface area contributed by atoms with Gasteiger partial charge in [0.1, 0.15) is 25.4 Å². The minimum atomic E-state index is -0.666. The topological polar surface area (TPSA) is 65.4 Å². The van der Waals surface area contributed by atoms with Gasteiger partial charge in [0.15, 0.2) is 11.5 Å². The van der Waals surface area contributed by atoms with Crippen LogP contribution >= 0.6 is 46.4 Å². The molecule has 0 spiro atoms. The molecule has 0 aromatic heterocycles. The fraction of sp³-hybridized carbons (Fsp3) is 0.478. The number of aliphatic hydroxyl groups is 2. The summed E-state index contributed by atoms with van der Waals surface area (Å²) in [5.74, 6) is 0.659. The maximum atomic E-state index is 9.99. The van der Waals surface area contributed by atoms with Crippen LogP contribution in [0.25, 0.3) is 0 Å². The minimum absolute atomic E-state index is 0.0763. The highest BCUT2D eigenvalue weighted by molar-refractivity contribution is 6.38. The third kappa shape index (κ3) is 9.30. The average molecular weight is 540 g/mol. The standard InChI is InChI=1S/C23H30Cl4N2O4/c1-28(2)10-16(30)12-32-22-18(24)6-14(7-19(22)25)5-15-8-20(26)23(21(27)9-15)33-13-17(31)11-29(3)4/h6-9,16-17,30-31H,5,10-13H2,1-4H3/t16-,17-/m1/s1. The lowest BCUT2D eigenvalue weighted by molar-refractivity contribution is 0.0831. The van der Waals surface area contributed by atoms with Crippen LogP contribution in [-0.2, 0) is 6.42 Å². The van der Waals surface area contributed by atoms with Crippen molar-refractivity contribution >= 4 is 46.4 Å². The maximum absolute atomic E-state index is 9.99. The number of hydrogen-bond acceptors (Lipinski definition) is 6. The first-order valence-corrected chi connectivity index (χ1v) is 11.8. The summed E-state index contributed by atoms with van der Waals surface area (Å²) in [6.07, 6.45) is -0.854. The molecule has 0 unspecified atom stereocenters. The monoisotopic (exact) mass is 538 g/mol. The van der Waals surface area contributed by atoms with Gasteiger partial charge in [0, 0.05) is 13.1 Å². The van der Waals surface area contributed by atoms with Crippen molar-refractivity contribution in [2.75, 3.05) is 54.5 Å². The van der Waals surface area contributed by atoms with E-state index in [4.69, 9.17) is 55.9 Å². The highest BCUT2D eigenvalue weighted by Crippen LogP contribution is 2.37. The van der Waals surface area contributed by atoms with Gasteiger partial charge in [-0.1, -0.05) is 46.4 Å². The maximum Gasteiger partial charge on any atom is 0.156 e. The van der Waals surface area contributed by atoms with Crippen molar-refractivity contribution in [3.63, 3.8) is 0 Å². The van der Waals surface area contributed by atoms with Crippen molar-refractivity contribution in [2.45, 2.75) is 18.6 Å². The van der Waals surface area contributed by atoms with E-state index in [1.807, 2.05) is 38.0 Å². The van der Waals surface area contributed by atoms with Gasteiger partial charge in [-0.05, 0) is 70.0 Å². The van der Waals surface area contributed by atoms with Gasteiger partial charge in [-0.15, -0.1) is 0 Å². The number of halogens is 4. The highest BCUT2D eigenvalue weighted by Gasteiger charge is 2.16. The van der Waals surface area contributed by atoms with Crippen LogP contribution in [-0.4, -0.2) is 86.7 Å². The van der Waals surface area contributed by atoms with Crippen LogP contribution < -0.4 is 9.47 Å². The summed E-state index contributed by atoms with van der Waals surface area (Å²) in [6.45, 7) is 1.08. The Morgan fingerprint density at radius 3 is 1.24 bits per heavy atom. The molecule has 2 N–H and O–H groups in total. The smallest absolute Gasteiger partial charge is 0.156 e. The molecule has 33 heavy (non-hydrogen) atoms. The Hall–Kier alpha value is -0.960. The number of rotatable bonds is 12. The normalized spacial score (nSPS) is 13.5. The summed E-state index contributed by atoms with van der Waals surface area (Å²) in [5, 5.41) is 21.4. The van der Waals surface area contributed by atoms with E-state index in [9.17, 15) is 10.2 Å². The van der Waals surface area contributed by atoms with E-state index in [0.717, 1.165) is 11.1 Å². The summed E-state index contributed by atoms with van der Waals surface area (Å²) in [6, 6.07) is 7.02. The van der Waals surface area contributed by atoms with Crippen molar-refractivity contribution in [3.05, 3.63) is 55.5 Å². The first-order valence-electron chi connectivity index (χ1n) is 10.3. The van der Waals surface area contributed by atoms with E-state index in [0.29, 0.717) is 51.1 Å². The van der Waals surface area contributed by atoms with Crippen molar-refractivity contribution in [1.29, 1.82) is 0 Å². The van der Waals surface area contributed by atoms with Crippen LogP contribution in [0.15, 0.2) is 24.3 Å². The number of ether oxygens (including phenoxy) is 2. The SMILES string of the molecule is CN(C)C[C@@H](O)COc1c(Cl)cc(Cc2cc(Cl)c(OC[C@H](O)CN(C)C)c(Cl)c2)cc1Cl. The van der Waals surface area contributed by atoms with Gasteiger partial charge < -0.3 is 29.5 Å². The Labute approximate surface area is 215 Å². The molecule has 0 radical (unpaired) electrons. The summed E-state index contributed by atoms with van der Waals surface area (Å²) in [5.41, 5.74) is 1.68. The first-order chi connectivity index (χ1) is 15.5. The Bertz CT molecular complexity index is 808. The van der Waals surface area contributed by atoms with Gasteiger partial charge in [-0.25, -0.2) is 0 Å². The van der Waals surface area contributed by atoms with E-state index in [-0.39, 0.29) is 13.2 Å². The van der Waals surface area contributed by atoms with Crippen molar-refractivity contribution < 1.29 is 19.7 Å². The second-order valence-electron chi connectivity index (χ2n) is 8.41. The molecular weight excluding hydrogens is 510 g/mol. The second-order valence-corrected chi connectivity index (χ2v) is 10.0. The molecule has 184 valence electrons. The molecule has 0 aliphatic carbocycles. The molecule has 2 rings (SSSR count). The fourth-order valence-corrected chi connectivity index (χ4v) is 4.53. The van der Waals surface area contributed by atoms with Gasteiger partial charge in [-0.2, -0.15) is 0 Å². The Kier molecular flexibility index (Phi) is 11.3. The van der Waals surface area contributed by atoms with Gasteiger partial charge in [0.2, 0.25) is 0 Å². The Morgan fingerprint density at radius 1 is 0.667 bits per heavy atom. The molecule has 6 nitrogen and oxygen atoms in total. The molecule has 0 amide bonds. The zero-order chi connectivity index (χ0) is 24.7. The third-order valence-electron chi connectivity index (χ3n) is 4.52. The van der Waals surface area contributed by atoms with Crippen LogP contribution in [0.5, 0.6) is 11.5 Å². The zero-order valence-corrected chi connectivity index (χ0v) is 22.1. The van der Waals surface area contributed by atoms with Crippen LogP contribution in [0.1, 0.15) is 11.1 Å². The highest BCUT2D eigenvalue weighted by atomic mass is 35.5. The quantitative estimate of drug-likeness (QED) is 0.414. The number of hydrogen-bond donors (Lipinski definition) is 2. The second kappa shape index (κ2) is 13.2. The first kappa shape index (κ1) is 28.3. The lowest BCUT2D eigenvalue weighted by atomic mass is 10.0. The van der Waals surface area contributed by atoms with Crippen LogP contribution in [0.2, 0.25) is 20.1 Å². The summed E-state index contributed by atoms with van der Waals surface area (Å²) in [4.78, 5) is 3.72. The Morgan fingerprint density at radius 2 is 0.970 bits per heavy atom. The van der Waals surface area contributed by atoms with Crippen LogP contribution in [0.4, 0.5) is 0 Å². The molecule has 10 heteroatoms. The molecule has 0 fully saturated rings. The molecule has 0 aliphatic rings. The van der Waals surface area contributed by atoms with Gasteiger partial charge in [-0.3, -0.25) is 0 Å². The van der Waals surface area contributed by atoms with E-state index in [1.54, 1.807) is 24.3 Å². The summed E-state index contributed by atoms with van der Waals surface area (Å²) >= 11 is 25.5. The third-order valence-corrected chi connectivity index (χ3v) is 5.64. The molecule has 2 atom stereocenters. The van der Waals surface area contributed by atoms with Crippen molar-refractivity contribution in [3.8, 4) is 11.5 Å². The van der Waals surface area contributed by atoms with E-state index in [1.165, 1.54) is 0 Å². The van der Waals surface area contributed by atoms with Crippen molar-refractivity contribution in [1.82, 2.24) is 9.80 Å². The molecule has 0 saturated carbocycles. The molecule has 0 saturated heterocycles. The largest absolute Gasteiger partial charge is 0.488 e. The number of nitrogens with zero attached hydrogens (tertiary/aromatic N) is 2. The summed E-state index contributed by atoms with van der Waals surface area (Å²) in [7, 11) is 7.46. The fourth-order valence-electron chi connectivity index (χ4n) is 3.25. The van der Waals surface area contributed by atoms with Crippen LogP contribution in [0, 0.1) is 0 Å². The molecule has 0 bridgehead atoms. The lowest BCUT2D eigenvalue weighted by Crippen LogP contribution is -2.30. The van der Waals surface area contributed by atoms with E-state index >= 15 is 0 Å². The number of likely N-dealkylation sites (N-methyl/N-ethyl adjacent to an activating group) is 2. The predicted molar refractivity (Wildman–Crippen MR) is 136 cm³/mol. The average Bonchev–Trinajstić information content (AvgIpc) is 2.65. The molecule has 2 aromatic carbocycles. The van der Waals surface area contributed by atoms with Crippen molar-refractivity contribution in [2.24, 2.45) is 0 Å². The zero-order valence-electron chi connectivity index (χ0n) is 19.1. The Balaban J connectivity index is 2.08. The summed E-state index contributed by atoms with van der Waals surface area (Å²) < 4.78 is 11.3. The van der Waals surface area contributed by atoms with Gasteiger partial charge in [0.05, 0.1) is 20.1 Å². The van der Waals surface area contributed by atoms with Gasteiger partial charge >= 0.3 is 0 Å². The van der Waals surface area contributed by atoms with Crippen LogP contribution in [0.3, 0.4) is 0 Å². The number of aliphatic hydroxyl groups excluding tert-OH is 2. The number of benzene rings is 2. The minimum Gasteiger partial charge on any atom is -0.488 e. The molecule has 2 aromatic rings. The lowest BCUT2D eigenvalue weighted by Gasteiger charge is -2.18.